The number of hydrogen-bond acceptors (Lipinski definition) is 3. The van der Waals surface area contributed by atoms with Crippen molar-refractivity contribution in [3.8, 4) is 11.8 Å². The summed E-state index contributed by atoms with van der Waals surface area (Å²) >= 11 is 0. The zero-order valence-corrected chi connectivity index (χ0v) is 18.3. The second kappa shape index (κ2) is 9.77. The van der Waals surface area contributed by atoms with Crippen LogP contribution in [0.25, 0.3) is 6.08 Å². The molecule has 0 bridgehead atoms. The highest BCUT2D eigenvalue weighted by molar-refractivity contribution is 6.10. The van der Waals surface area contributed by atoms with Gasteiger partial charge in [0.05, 0.1) is 0 Å². The van der Waals surface area contributed by atoms with Crippen LogP contribution in [0.5, 0.6) is 5.75 Å². The molecule has 0 aliphatic carbocycles. The number of aryl methyl sites for hydroxylation is 3. The largest absolute Gasteiger partial charge is 0.489 e. The van der Waals surface area contributed by atoms with E-state index in [1.165, 1.54) is 11.1 Å². The first kappa shape index (κ1) is 21.9. The SMILES string of the molecule is Cc1cc(C)cc(COc2ccc(/C=C(\C#N)C(=O)Nc3cccc(C)c3C)cc2)c1. The number of anilines is 1. The summed E-state index contributed by atoms with van der Waals surface area (Å²) in [6.45, 7) is 8.55. The number of hydrogen-bond donors (Lipinski definition) is 1. The van der Waals surface area contributed by atoms with Gasteiger partial charge in [-0.1, -0.05) is 53.6 Å². The van der Waals surface area contributed by atoms with E-state index in [1.807, 2.05) is 62.4 Å². The highest BCUT2D eigenvalue weighted by Crippen LogP contribution is 2.20. The third kappa shape index (κ3) is 5.83. The number of nitrogens with zero attached hydrogens (tertiary/aromatic N) is 1. The Morgan fingerprint density at radius 1 is 1.00 bits per heavy atom. The summed E-state index contributed by atoms with van der Waals surface area (Å²) in [4.78, 5) is 12.6. The van der Waals surface area contributed by atoms with Crippen molar-refractivity contribution < 1.29 is 9.53 Å². The maximum atomic E-state index is 12.6. The molecule has 0 aliphatic heterocycles. The van der Waals surface area contributed by atoms with Gasteiger partial charge in [0.1, 0.15) is 24.0 Å². The van der Waals surface area contributed by atoms with Crippen molar-refractivity contribution in [2.45, 2.75) is 34.3 Å². The van der Waals surface area contributed by atoms with Gasteiger partial charge < -0.3 is 10.1 Å². The summed E-state index contributed by atoms with van der Waals surface area (Å²) in [5, 5.41) is 12.3. The quantitative estimate of drug-likeness (QED) is 0.398. The zero-order valence-electron chi connectivity index (χ0n) is 18.3. The minimum absolute atomic E-state index is 0.0461. The Labute approximate surface area is 183 Å². The van der Waals surface area contributed by atoms with Crippen LogP contribution in [0.3, 0.4) is 0 Å². The molecule has 3 rings (SSSR count). The molecule has 0 aliphatic rings. The molecule has 31 heavy (non-hydrogen) atoms. The molecule has 0 spiro atoms. The Morgan fingerprint density at radius 2 is 1.68 bits per heavy atom. The van der Waals surface area contributed by atoms with Crippen LogP contribution in [0.1, 0.15) is 33.4 Å². The van der Waals surface area contributed by atoms with Crippen LogP contribution in [-0.2, 0) is 11.4 Å². The van der Waals surface area contributed by atoms with Crippen LogP contribution in [0.4, 0.5) is 5.69 Å². The van der Waals surface area contributed by atoms with Gasteiger partial charge in [-0.25, -0.2) is 0 Å². The topological polar surface area (TPSA) is 62.1 Å². The maximum absolute atomic E-state index is 12.6. The van der Waals surface area contributed by atoms with Crippen LogP contribution in [-0.4, -0.2) is 5.91 Å². The number of nitrogens with one attached hydrogen (secondary N) is 1. The summed E-state index contributed by atoms with van der Waals surface area (Å²) in [5.41, 5.74) is 7.12. The summed E-state index contributed by atoms with van der Waals surface area (Å²) in [6, 6.07) is 21.4. The first-order valence-electron chi connectivity index (χ1n) is 10.1. The number of nitriles is 1. The summed E-state index contributed by atoms with van der Waals surface area (Å²) in [5.74, 6) is 0.306. The molecule has 0 aromatic heterocycles. The van der Waals surface area contributed by atoms with Crippen molar-refractivity contribution in [1.29, 1.82) is 5.26 Å². The molecule has 4 heteroatoms. The van der Waals surface area contributed by atoms with Crippen LogP contribution in [0.2, 0.25) is 0 Å². The molecule has 0 heterocycles. The molecule has 3 aromatic carbocycles. The van der Waals surface area contributed by atoms with Crippen LogP contribution in [0, 0.1) is 39.0 Å². The Kier molecular flexibility index (Phi) is 6.89. The van der Waals surface area contributed by atoms with E-state index in [1.54, 1.807) is 6.08 Å². The molecule has 0 saturated heterocycles. The molecule has 156 valence electrons. The van der Waals surface area contributed by atoms with Gasteiger partial charge in [0.2, 0.25) is 0 Å². The van der Waals surface area contributed by atoms with E-state index in [-0.39, 0.29) is 5.57 Å². The van der Waals surface area contributed by atoms with Crippen molar-refractivity contribution >= 4 is 17.7 Å². The molecule has 3 aromatic rings. The van der Waals surface area contributed by atoms with Crippen molar-refractivity contribution in [3.05, 3.63) is 99.6 Å². The molecule has 1 amide bonds. The van der Waals surface area contributed by atoms with Gasteiger partial charge in [-0.2, -0.15) is 5.26 Å². The molecule has 0 radical (unpaired) electrons. The lowest BCUT2D eigenvalue weighted by Gasteiger charge is -2.10. The second-order valence-corrected chi connectivity index (χ2v) is 7.73. The fraction of sp³-hybridized carbons (Fsp3) is 0.185. The van der Waals surface area contributed by atoms with Crippen LogP contribution in [0.15, 0.2) is 66.2 Å². The van der Waals surface area contributed by atoms with Crippen LogP contribution >= 0.6 is 0 Å². The van der Waals surface area contributed by atoms with Crippen molar-refractivity contribution in [1.82, 2.24) is 0 Å². The Hall–Kier alpha value is -3.84. The number of rotatable bonds is 6. The molecule has 1 N–H and O–H groups in total. The summed E-state index contributed by atoms with van der Waals surface area (Å²) in [6.07, 6.45) is 1.58. The fourth-order valence-electron chi connectivity index (χ4n) is 3.37. The smallest absolute Gasteiger partial charge is 0.266 e. The van der Waals surface area contributed by atoms with Crippen molar-refractivity contribution in [2.24, 2.45) is 0 Å². The average Bonchev–Trinajstić information content (AvgIpc) is 2.74. The van der Waals surface area contributed by atoms with Crippen molar-refractivity contribution in [3.63, 3.8) is 0 Å². The van der Waals surface area contributed by atoms with Crippen molar-refractivity contribution in [2.75, 3.05) is 5.32 Å². The Bertz CT molecular complexity index is 1150. The van der Waals surface area contributed by atoms with E-state index in [0.29, 0.717) is 12.3 Å². The molecule has 0 fully saturated rings. The van der Waals surface area contributed by atoms with Gasteiger partial charge in [-0.3, -0.25) is 4.79 Å². The molecular weight excluding hydrogens is 384 g/mol. The predicted octanol–water partition coefficient (Wildman–Crippen LogP) is 6.04. The predicted molar refractivity (Wildman–Crippen MR) is 125 cm³/mol. The van der Waals surface area contributed by atoms with E-state index in [2.05, 4.69) is 37.4 Å². The van der Waals surface area contributed by atoms with Gasteiger partial charge >= 0.3 is 0 Å². The van der Waals surface area contributed by atoms with E-state index in [4.69, 9.17) is 4.74 Å². The lowest BCUT2D eigenvalue weighted by Crippen LogP contribution is -2.14. The molecule has 0 saturated carbocycles. The second-order valence-electron chi connectivity index (χ2n) is 7.73. The minimum Gasteiger partial charge on any atom is -0.489 e. The van der Waals surface area contributed by atoms with E-state index >= 15 is 0 Å². The Balaban J connectivity index is 1.68. The molecular formula is C27H26N2O2. The average molecular weight is 411 g/mol. The number of benzene rings is 3. The van der Waals surface area contributed by atoms with E-state index < -0.39 is 5.91 Å². The number of amides is 1. The van der Waals surface area contributed by atoms with Gasteiger partial charge in [0, 0.05) is 5.69 Å². The van der Waals surface area contributed by atoms with Gasteiger partial charge in [-0.05, 0) is 74.2 Å². The van der Waals surface area contributed by atoms with Gasteiger partial charge in [0.25, 0.3) is 5.91 Å². The fourth-order valence-corrected chi connectivity index (χ4v) is 3.37. The van der Waals surface area contributed by atoms with Crippen LogP contribution < -0.4 is 10.1 Å². The lowest BCUT2D eigenvalue weighted by molar-refractivity contribution is -0.112. The van der Waals surface area contributed by atoms with E-state index in [0.717, 1.165) is 28.0 Å². The standard InChI is InChI=1S/C27H26N2O2/c1-18-12-19(2)14-23(13-18)17-31-25-10-8-22(9-11-25)15-24(16-28)27(30)29-26-7-5-6-20(3)21(26)4/h5-15H,17H2,1-4H3,(H,29,30)/b24-15+. The maximum Gasteiger partial charge on any atom is 0.266 e. The lowest BCUT2D eigenvalue weighted by atomic mass is 10.1. The third-order valence-corrected chi connectivity index (χ3v) is 5.10. The number of carbonyl (C=O) groups is 1. The van der Waals surface area contributed by atoms with E-state index in [9.17, 15) is 10.1 Å². The highest BCUT2D eigenvalue weighted by atomic mass is 16.5. The van der Waals surface area contributed by atoms with Gasteiger partial charge in [0.15, 0.2) is 0 Å². The zero-order chi connectivity index (χ0) is 22.4. The monoisotopic (exact) mass is 410 g/mol. The minimum atomic E-state index is -0.425. The first-order chi connectivity index (χ1) is 14.9. The molecule has 4 nitrogen and oxygen atoms in total. The number of ether oxygens (including phenoxy) is 1. The number of carbonyl (C=O) groups excluding carboxylic acids is 1. The summed E-state index contributed by atoms with van der Waals surface area (Å²) < 4.78 is 5.87. The summed E-state index contributed by atoms with van der Waals surface area (Å²) in [7, 11) is 0. The Morgan fingerprint density at radius 3 is 2.32 bits per heavy atom. The first-order valence-corrected chi connectivity index (χ1v) is 10.1. The van der Waals surface area contributed by atoms with Gasteiger partial charge in [-0.15, -0.1) is 0 Å². The normalized spacial score (nSPS) is 11.0. The third-order valence-electron chi connectivity index (χ3n) is 5.10. The molecule has 0 unspecified atom stereocenters. The highest BCUT2D eigenvalue weighted by Gasteiger charge is 2.11. The molecule has 0 atom stereocenters.